The molecule has 1 atom stereocenters. The van der Waals surface area contributed by atoms with E-state index in [0.717, 1.165) is 30.6 Å². The number of anilines is 1. The van der Waals surface area contributed by atoms with Crippen LogP contribution in [-0.4, -0.2) is 45.8 Å². The van der Waals surface area contributed by atoms with Gasteiger partial charge in [-0.15, -0.1) is 23.1 Å². The fraction of sp³-hybridized carbons (Fsp3) is 0.421. The van der Waals surface area contributed by atoms with Gasteiger partial charge in [0.15, 0.2) is 5.13 Å². The molecule has 1 aromatic heterocycles. The van der Waals surface area contributed by atoms with Crippen molar-refractivity contribution in [2.24, 2.45) is 0 Å². The first kappa shape index (κ1) is 18.9. The van der Waals surface area contributed by atoms with Crippen LogP contribution in [0, 0.1) is 0 Å². The van der Waals surface area contributed by atoms with Gasteiger partial charge in [-0.1, -0.05) is 30.3 Å². The third kappa shape index (κ3) is 5.08. The summed E-state index contributed by atoms with van der Waals surface area (Å²) >= 11 is 2.77. The topological polar surface area (TPSA) is 62.3 Å². The Labute approximate surface area is 162 Å². The molecule has 0 saturated carbocycles. The van der Waals surface area contributed by atoms with Crippen LogP contribution in [0.15, 0.2) is 35.7 Å². The maximum absolute atomic E-state index is 12.3. The Hall–Kier alpha value is -1.86. The van der Waals surface area contributed by atoms with Crippen molar-refractivity contribution in [1.82, 2.24) is 9.88 Å². The minimum Gasteiger partial charge on any atom is -0.339 e. The molecule has 2 heterocycles. The van der Waals surface area contributed by atoms with E-state index in [1.807, 2.05) is 40.6 Å². The molecule has 1 unspecified atom stereocenters. The molecule has 1 saturated heterocycles. The van der Waals surface area contributed by atoms with Crippen LogP contribution in [0.25, 0.3) is 11.3 Å². The SMILES string of the molecule is CC1CCCCN1C(=O)CSCC(=O)Nc1nc(-c2ccccc2)cs1. The number of carbonyl (C=O) groups excluding carboxylic acids is 2. The number of hydrogen-bond donors (Lipinski definition) is 1. The minimum atomic E-state index is -0.122. The van der Waals surface area contributed by atoms with Crippen LogP contribution in [0.1, 0.15) is 26.2 Å². The van der Waals surface area contributed by atoms with Crippen LogP contribution in [-0.2, 0) is 9.59 Å². The summed E-state index contributed by atoms with van der Waals surface area (Å²) in [5.74, 6) is 0.623. The number of aromatic nitrogens is 1. The molecule has 1 fully saturated rings. The summed E-state index contributed by atoms with van der Waals surface area (Å²) in [6.07, 6.45) is 3.35. The van der Waals surface area contributed by atoms with E-state index in [0.29, 0.717) is 16.9 Å². The summed E-state index contributed by atoms with van der Waals surface area (Å²) in [5, 5.41) is 5.34. The Morgan fingerprint density at radius 3 is 2.85 bits per heavy atom. The van der Waals surface area contributed by atoms with Crippen LogP contribution in [0.5, 0.6) is 0 Å². The Morgan fingerprint density at radius 1 is 1.27 bits per heavy atom. The zero-order chi connectivity index (χ0) is 18.4. The van der Waals surface area contributed by atoms with Gasteiger partial charge < -0.3 is 10.2 Å². The number of thiazole rings is 1. The smallest absolute Gasteiger partial charge is 0.236 e. The minimum absolute atomic E-state index is 0.122. The van der Waals surface area contributed by atoms with E-state index in [4.69, 9.17) is 0 Å². The van der Waals surface area contributed by atoms with E-state index in [1.54, 1.807) is 0 Å². The van der Waals surface area contributed by atoms with E-state index < -0.39 is 0 Å². The molecule has 138 valence electrons. The van der Waals surface area contributed by atoms with Gasteiger partial charge in [0, 0.05) is 23.5 Å². The maximum atomic E-state index is 12.3. The van der Waals surface area contributed by atoms with E-state index in [-0.39, 0.29) is 17.6 Å². The predicted molar refractivity (Wildman–Crippen MR) is 109 cm³/mol. The zero-order valence-electron chi connectivity index (χ0n) is 14.8. The molecule has 5 nitrogen and oxygen atoms in total. The first-order chi connectivity index (χ1) is 12.6. The number of carbonyl (C=O) groups is 2. The van der Waals surface area contributed by atoms with Crippen LogP contribution in [0.2, 0.25) is 0 Å². The predicted octanol–water partition coefficient (Wildman–Crippen LogP) is 3.88. The summed E-state index contributed by atoms with van der Waals surface area (Å²) < 4.78 is 0. The number of piperidine rings is 1. The van der Waals surface area contributed by atoms with E-state index in [2.05, 4.69) is 17.2 Å². The highest BCUT2D eigenvalue weighted by Crippen LogP contribution is 2.24. The van der Waals surface area contributed by atoms with Crippen molar-refractivity contribution >= 4 is 40.0 Å². The quantitative estimate of drug-likeness (QED) is 0.814. The molecule has 2 aromatic rings. The molecular formula is C19H23N3O2S2. The monoisotopic (exact) mass is 389 g/mol. The van der Waals surface area contributed by atoms with Crippen molar-refractivity contribution in [3.05, 3.63) is 35.7 Å². The van der Waals surface area contributed by atoms with Gasteiger partial charge in [-0.05, 0) is 26.2 Å². The van der Waals surface area contributed by atoms with Crippen LogP contribution < -0.4 is 5.32 Å². The molecule has 0 spiro atoms. The van der Waals surface area contributed by atoms with Gasteiger partial charge in [-0.25, -0.2) is 4.98 Å². The molecule has 0 bridgehead atoms. The fourth-order valence-corrected chi connectivity index (χ4v) is 4.45. The van der Waals surface area contributed by atoms with Gasteiger partial charge in [-0.3, -0.25) is 9.59 Å². The molecule has 1 aromatic carbocycles. The average Bonchev–Trinajstić information content (AvgIpc) is 3.11. The first-order valence-electron chi connectivity index (χ1n) is 8.81. The number of hydrogen-bond acceptors (Lipinski definition) is 5. The number of nitrogens with zero attached hydrogens (tertiary/aromatic N) is 2. The lowest BCUT2D eigenvalue weighted by molar-refractivity contribution is -0.131. The van der Waals surface area contributed by atoms with E-state index in [1.165, 1.54) is 29.5 Å². The Bertz CT molecular complexity index is 748. The Balaban J connectivity index is 1.43. The highest BCUT2D eigenvalue weighted by molar-refractivity contribution is 8.00. The number of benzene rings is 1. The highest BCUT2D eigenvalue weighted by Gasteiger charge is 2.23. The fourth-order valence-electron chi connectivity index (χ4n) is 3.01. The summed E-state index contributed by atoms with van der Waals surface area (Å²) in [5.41, 5.74) is 1.88. The largest absolute Gasteiger partial charge is 0.339 e. The van der Waals surface area contributed by atoms with Crippen LogP contribution in [0.4, 0.5) is 5.13 Å². The van der Waals surface area contributed by atoms with Gasteiger partial charge in [0.25, 0.3) is 0 Å². The molecule has 1 aliphatic rings. The maximum Gasteiger partial charge on any atom is 0.236 e. The van der Waals surface area contributed by atoms with Gasteiger partial charge in [0.1, 0.15) is 0 Å². The molecule has 7 heteroatoms. The van der Waals surface area contributed by atoms with Gasteiger partial charge in [-0.2, -0.15) is 0 Å². The highest BCUT2D eigenvalue weighted by atomic mass is 32.2. The van der Waals surface area contributed by atoms with Crippen molar-refractivity contribution in [2.45, 2.75) is 32.2 Å². The lowest BCUT2D eigenvalue weighted by atomic mass is 10.0. The second-order valence-corrected chi connectivity index (χ2v) is 8.22. The van der Waals surface area contributed by atoms with Crippen molar-refractivity contribution in [3.63, 3.8) is 0 Å². The molecule has 0 aliphatic carbocycles. The number of thioether (sulfide) groups is 1. The molecule has 2 amide bonds. The van der Waals surface area contributed by atoms with Crippen LogP contribution >= 0.6 is 23.1 Å². The third-order valence-corrected chi connectivity index (χ3v) is 6.08. The van der Waals surface area contributed by atoms with Crippen molar-refractivity contribution < 1.29 is 9.59 Å². The molecule has 3 rings (SSSR count). The van der Waals surface area contributed by atoms with Gasteiger partial charge >= 0.3 is 0 Å². The van der Waals surface area contributed by atoms with Crippen molar-refractivity contribution in [3.8, 4) is 11.3 Å². The second-order valence-electron chi connectivity index (χ2n) is 6.38. The molecular weight excluding hydrogens is 366 g/mol. The third-order valence-electron chi connectivity index (χ3n) is 4.40. The normalized spacial score (nSPS) is 17.1. The van der Waals surface area contributed by atoms with Crippen molar-refractivity contribution in [1.29, 1.82) is 0 Å². The number of amides is 2. The Morgan fingerprint density at radius 2 is 2.08 bits per heavy atom. The summed E-state index contributed by atoms with van der Waals surface area (Å²) in [6.45, 7) is 2.94. The second kappa shape index (κ2) is 9.19. The summed E-state index contributed by atoms with van der Waals surface area (Å²) in [4.78, 5) is 30.8. The summed E-state index contributed by atoms with van der Waals surface area (Å²) in [6, 6.07) is 10.2. The standard InChI is InChI=1S/C19H23N3O2S2/c1-14-7-5-6-10-22(14)18(24)13-25-12-17(23)21-19-20-16(11-26-19)15-8-3-2-4-9-15/h2-4,8-9,11,14H,5-7,10,12-13H2,1H3,(H,20,21,23). The van der Waals surface area contributed by atoms with Crippen LogP contribution in [0.3, 0.4) is 0 Å². The number of nitrogens with one attached hydrogen (secondary N) is 1. The lowest BCUT2D eigenvalue weighted by Gasteiger charge is -2.33. The number of likely N-dealkylation sites (tertiary alicyclic amines) is 1. The molecule has 1 N–H and O–H groups in total. The lowest BCUT2D eigenvalue weighted by Crippen LogP contribution is -2.43. The molecule has 0 radical (unpaired) electrons. The van der Waals surface area contributed by atoms with Gasteiger partial charge in [0.05, 0.1) is 17.2 Å². The van der Waals surface area contributed by atoms with E-state index >= 15 is 0 Å². The Kier molecular flexibility index (Phi) is 6.68. The van der Waals surface area contributed by atoms with Gasteiger partial charge in [0.2, 0.25) is 11.8 Å². The summed E-state index contributed by atoms with van der Waals surface area (Å²) in [7, 11) is 0. The van der Waals surface area contributed by atoms with Crippen molar-refractivity contribution in [2.75, 3.05) is 23.4 Å². The zero-order valence-corrected chi connectivity index (χ0v) is 16.4. The number of rotatable bonds is 6. The molecule has 1 aliphatic heterocycles. The first-order valence-corrected chi connectivity index (χ1v) is 10.8. The van der Waals surface area contributed by atoms with E-state index in [9.17, 15) is 9.59 Å². The average molecular weight is 390 g/mol. The molecule has 26 heavy (non-hydrogen) atoms.